The van der Waals surface area contributed by atoms with Gasteiger partial charge in [-0.3, -0.25) is 0 Å². The van der Waals surface area contributed by atoms with Gasteiger partial charge in [-0.05, 0) is 24.1 Å². The Hall–Kier alpha value is -1.46. The average molecular weight is 251 g/mol. The molecule has 0 unspecified atom stereocenters. The van der Waals surface area contributed by atoms with Gasteiger partial charge < -0.3 is 9.84 Å². The molecule has 5 heteroatoms. The molecule has 0 atom stereocenters. The fraction of sp³-hybridized carbons (Fsp3) is 0.333. The third kappa shape index (κ3) is 2.16. The highest BCUT2D eigenvalue weighted by Crippen LogP contribution is 2.28. The molecule has 0 bridgehead atoms. The Kier molecular flexibility index (Phi) is 3.40. The van der Waals surface area contributed by atoms with Crippen molar-refractivity contribution in [2.75, 3.05) is 7.11 Å². The van der Waals surface area contributed by atoms with E-state index < -0.39 is 5.97 Å². The van der Waals surface area contributed by atoms with Gasteiger partial charge in [0.15, 0.2) is 0 Å². The van der Waals surface area contributed by atoms with Crippen molar-refractivity contribution in [1.82, 2.24) is 4.98 Å². The minimum Gasteiger partial charge on any atom is -0.478 e. The molecule has 4 nitrogen and oxygen atoms in total. The lowest BCUT2D eigenvalue weighted by atomic mass is 10.0. The summed E-state index contributed by atoms with van der Waals surface area (Å²) in [5.74, 6) is -0.898. The predicted octanol–water partition coefficient (Wildman–Crippen LogP) is 2.70. The maximum absolute atomic E-state index is 11.1. The first kappa shape index (κ1) is 12.0. The van der Waals surface area contributed by atoms with Crippen molar-refractivity contribution in [3.8, 4) is 0 Å². The van der Waals surface area contributed by atoms with Gasteiger partial charge in [-0.2, -0.15) is 0 Å². The van der Waals surface area contributed by atoms with Crippen LogP contribution in [-0.2, 0) is 17.8 Å². The minimum atomic E-state index is -0.898. The number of methoxy groups -OCH3 is 1. The molecule has 0 saturated heterocycles. The number of nitrogens with zero attached hydrogens (tertiary/aromatic N) is 1. The molecule has 0 amide bonds. The van der Waals surface area contributed by atoms with Crippen LogP contribution in [0.2, 0.25) is 0 Å². The van der Waals surface area contributed by atoms with E-state index in [1.807, 2.05) is 13.0 Å². The molecule has 0 spiro atoms. The van der Waals surface area contributed by atoms with Crippen LogP contribution in [0.15, 0.2) is 12.1 Å². The van der Waals surface area contributed by atoms with E-state index in [1.54, 1.807) is 24.5 Å². The summed E-state index contributed by atoms with van der Waals surface area (Å²) < 4.78 is 6.05. The van der Waals surface area contributed by atoms with Crippen LogP contribution in [0.25, 0.3) is 10.2 Å². The molecule has 1 aromatic heterocycles. The Bertz CT molecular complexity index is 562. The molecule has 2 aromatic rings. The Balaban J connectivity index is 2.63. The first-order chi connectivity index (χ1) is 8.17. The maximum atomic E-state index is 11.1. The number of aromatic nitrogens is 1. The van der Waals surface area contributed by atoms with Crippen LogP contribution < -0.4 is 0 Å². The van der Waals surface area contributed by atoms with Crippen molar-refractivity contribution < 1.29 is 14.6 Å². The number of carboxylic acid groups (broad SMARTS) is 1. The SMILES string of the molecule is CCc1c(C(=O)O)ccc2sc(COC)nc12. The largest absolute Gasteiger partial charge is 0.478 e. The van der Waals surface area contributed by atoms with Crippen molar-refractivity contribution in [3.63, 3.8) is 0 Å². The highest BCUT2D eigenvalue weighted by atomic mass is 32.1. The molecular formula is C12H13NO3S. The predicted molar refractivity (Wildman–Crippen MR) is 66.7 cm³/mol. The second-order valence-corrected chi connectivity index (χ2v) is 4.75. The molecular weight excluding hydrogens is 238 g/mol. The van der Waals surface area contributed by atoms with Gasteiger partial charge in [0.05, 0.1) is 22.4 Å². The zero-order valence-corrected chi connectivity index (χ0v) is 10.5. The van der Waals surface area contributed by atoms with Crippen LogP contribution in [0.5, 0.6) is 0 Å². The lowest BCUT2D eigenvalue weighted by Crippen LogP contribution is -2.02. The quantitative estimate of drug-likeness (QED) is 0.907. The number of thiazole rings is 1. The van der Waals surface area contributed by atoms with E-state index in [2.05, 4.69) is 4.98 Å². The first-order valence-corrected chi connectivity index (χ1v) is 6.12. The number of benzene rings is 1. The van der Waals surface area contributed by atoms with Gasteiger partial charge >= 0.3 is 5.97 Å². The van der Waals surface area contributed by atoms with Crippen molar-refractivity contribution in [2.24, 2.45) is 0 Å². The Labute approximate surface area is 103 Å². The molecule has 1 aromatic carbocycles. The average Bonchev–Trinajstić information content (AvgIpc) is 2.70. The summed E-state index contributed by atoms with van der Waals surface area (Å²) in [4.78, 5) is 15.6. The van der Waals surface area contributed by atoms with Crippen LogP contribution in [0.3, 0.4) is 0 Å². The maximum Gasteiger partial charge on any atom is 0.336 e. The van der Waals surface area contributed by atoms with E-state index in [0.717, 1.165) is 20.8 Å². The van der Waals surface area contributed by atoms with E-state index in [1.165, 1.54) is 0 Å². The van der Waals surface area contributed by atoms with Crippen molar-refractivity contribution in [1.29, 1.82) is 0 Å². The number of aryl methyl sites for hydroxylation is 1. The third-order valence-electron chi connectivity index (χ3n) is 2.56. The zero-order valence-electron chi connectivity index (χ0n) is 9.69. The number of rotatable bonds is 4. The summed E-state index contributed by atoms with van der Waals surface area (Å²) in [6.07, 6.45) is 0.662. The zero-order chi connectivity index (χ0) is 12.4. The van der Waals surface area contributed by atoms with Gasteiger partial charge in [-0.25, -0.2) is 9.78 Å². The van der Waals surface area contributed by atoms with E-state index in [0.29, 0.717) is 18.6 Å². The number of hydrogen-bond donors (Lipinski definition) is 1. The third-order valence-corrected chi connectivity index (χ3v) is 3.56. The van der Waals surface area contributed by atoms with Crippen LogP contribution in [0.1, 0.15) is 27.9 Å². The second kappa shape index (κ2) is 4.81. The van der Waals surface area contributed by atoms with Crippen molar-refractivity contribution >= 4 is 27.5 Å². The summed E-state index contributed by atoms with van der Waals surface area (Å²) in [5.41, 5.74) is 1.94. The smallest absolute Gasteiger partial charge is 0.336 e. The molecule has 0 aliphatic carbocycles. The second-order valence-electron chi connectivity index (χ2n) is 3.64. The summed E-state index contributed by atoms with van der Waals surface area (Å²) in [6, 6.07) is 3.47. The fourth-order valence-electron chi connectivity index (χ4n) is 1.84. The van der Waals surface area contributed by atoms with Crippen molar-refractivity contribution in [3.05, 3.63) is 28.3 Å². The highest BCUT2D eigenvalue weighted by Gasteiger charge is 2.15. The molecule has 1 heterocycles. The van der Waals surface area contributed by atoms with Crippen LogP contribution in [0.4, 0.5) is 0 Å². The number of carbonyl (C=O) groups is 1. The molecule has 2 rings (SSSR count). The van der Waals surface area contributed by atoms with E-state index in [9.17, 15) is 4.79 Å². The number of ether oxygens (including phenoxy) is 1. The lowest BCUT2D eigenvalue weighted by Gasteiger charge is -2.03. The molecule has 0 aliphatic rings. The van der Waals surface area contributed by atoms with E-state index >= 15 is 0 Å². The summed E-state index contributed by atoms with van der Waals surface area (Å²) in [7, 11) is 1.62. The fourth-order valence-corrected chi connectivity index (χ4v) is 2.81. The number of aromatic carboxylic acids is 1. The molecule has 0 aliphatic heterocycles. The lowest BCUT2D eigenvalue weighted by molar-refractivity contribution is 0.0696. The number of carboxylic acids is 1. The molecule has 0 fully saturated rings. The summed E-state index contributed by atoms with van der Waals surface area (Å²) >= 11 is 1.54. The van der Waals surface area contributed by atoms with Gasteiger partial charge in [-0.1, -0.05) is 6.92 Å². The summed E-state index contributed by atoms with van der Waals surface area (Å²) in [6.45, 7) is 2.40. The van der Waals surface area contributed by atoms with E-state index in [4.69, 9.17) is 9.84 Å². The molecule has 90 valence electrons. The highest BCUT2D eigenvalue weighted by molar-refractivity contribution is 7.18. The van der Waals surface area contributed by atoms with Gasteiger partial charge in [0.1, 0.15) is 5.01 Å². The normalized spacial score (nSPS) is 10.9. The molecule has 17 heavy (non-hydrogen) atoms. The first-order valence-electron chi connectivity index (χ1n) is 5.31. The van der Waals surface area contributed by atoms with E-state index in [-0.39, 0.29) is 0 Å². The van der Waals surface area contributed by atoms with Crippen LogP contribution in [-0.4, -0.2) is 23.2 Å². The number of fused-ring (bicyclic) bond motifs is 1. The van der Waals surface area contributed by atoms with Crippen LogP contribution in [0, 0.1) is 0 Å². The Morgan fingerprint density at radius 2 is 2.29 bits per heavy atom. The van der Waals surface area contributed by atoms with Gasteiger partial charge in [-0.15, -0.1) is 11.3 Å². The monoisotopic (exact) mass is 251 g/mol. The Morgan fingerprint density at radius 3 is 2.88 bits per heavy atom. The molecule has 1 N–H and O–H groups in total. The topological polar surface area (TPSA) is 59.4 Å². The van der Waals surface area contributed by atoms with Crippen molar-refractivity contribution in [2.45, 2.75) is 20.0 Å². The van der Waals surface area contributed by atoms with Crippen LogP contribution >= 0.6 is 11.3 Å². The molecule has 0 saturated carbocycles. The Morgan fingerprint density at radius 1 is 1.53 bits per heavy atom. The van der Waals surface area contributed by atoms with Gasteiger partial charge in [0, 0.05) is 7.11 Å². The number of hydrogen-bond acceptors (Lipinski definition) is 4. The standard InChI is InChI=1S/C12H13NO3S/c1-3-7-8(12(14)15)4-5-9-11(7)13-10(17-9)6-16-2/h4-5H,3,6H2,1-2H3,(H,14,15). The molecule has 0 radical (unpaired) electrons. The summed E-state index contributed by atoms with van der Waals surface area (Å²) in [5, 5.41) is 9.99. The van der Waals surface area contributed by atoms with Gasteiger partial charge in [0.25, 0.3) is 0 Å². The minimum absolute atomic E-state index is 0.342. The van der Waals surface area contributed by atoms with Gasteiger partial charge in [0.2, 0.25) is 0 Å².